The van der Waals surface area contributed by atoms with Crippen LogP contribution in [0.15, 0.2) is 48.5 Å². The third kappa shape index (κ3) is 6.95. The second kappa shape index (κ2) is 9.84. The lowest BCUT2D eigenvalue weighted by Gasteiger charge is -2.24. The van der Waals surface area contributed by atoms with Crippen LogP contribution in [-0.2, 0) is 20.2 Å². The Kier molecular flexibility index (Phi) is 7.72. The molecular formula is C22H30N2O5S. The molecule has 8 heteroatoms. The average Bonchev–Trinajstić information content (AvgIpc) is 2.68. The molecule has 0 aliphatic heterocycles. The summed E-state index contributed by atoms with van der Waals surface area (Å²) < 4.78 is 36.3. The van der Waals surface area contributed by atoms with Crippen LogP contribution in [0.2, 0.25) is 0 Å². The van der Waals surface area contributed by atoms with Gasteiger partial charge in [-0.25, -0.2) is 8.42 Å². The van der Waals surface area contributed by atoms with Gasteiger partial charge in [0.15, 0.2) is 0 Å². The van der Waals surface area contributed by atoms with Crippen molar-refractivity contribution < 1.29 is 22.7 Å². The van der Waals surface area contributed by atoms with Crippen molar-refractivity contribution in [2.75, 3.05) is 37.4 Å². The van der Waals surface area contributed by atoms with Crippen molar-refractivity contribution in [3.63, 3.8) is 0 Å². The first kappa shape index (κ1) is 23.5. The van der Waals surface area contributed by atoms with Crippen LogP contribution in [0.4, 0.5) is 5.69 Å². The highest BCUT2D eigenvalue weighted by atomic mass is 32.2. The summed E-state index contributed by atoms with van der Waals surface area (Å²) in [4.78, 5) is 12.3. The summed E-state index contributed by atoms with van der Waals surface area (Å²) in [5.74, 6) is 0.896. The minimum absolute atomic E-state index is 0.0470. The van der Waals surface area contributed by atoms with Crippen LogP contribution in [0.5, 0.6) is 11.5 Å². The number of amides is 1. The van der Waals surface area contributed by atoms with Gasteiger partial charge in [-0.1, -0.05) is 39.0 Å². The van der Waals surface area contributed by atoms with Gasteiger partial charge in [-0.15, -0.1) is 0 Å². The van der Waals surface area contributed by atoms with E-state index in [1.54, 1.807) is 31.4 Å². The summed E-state index contributed by atoms with van der Waals surface area (Å²) in [6, 6.07) is 14.4. The van der Waals surface area contributed by atoms with Crippen LogP contribution in [0.1, 0.15) is 26.3 Å². The molecule has 164 valence electrons. The Morgan fingerprint density at radius 2 is 1.70 bits per heavy atom. The monoisotopic (exact) mass is 434 g/mol. The first-order valence-electron chi connectivity index (χ1n) is 9.62. The van der Waals surface area contributed by atoms with Crippen molar-refractivity contribution in [2.45, 2.75) is 26.2 Å². The topological polar surface area (TPSA) is 84.9 Å². The maximum Gasteiger partial charge on any atom is 0.240 e. The first-order chi connectivity index (χ1) is 14.0. The molecule has 0 heterocycles. The number of anilines is 1. The van der Waals surface area contributed by atoms with Gasteiger partial charge in [-0.05, 0) is 35.2 Å². The van der Waals surface area contributed by atoms with Gasteiger partial charge in [0.1, 0.15) is 24.7 Å². The number of benzene rings is 2. The van der Waals surface area contributed by atoms with Crippen LogP contribution < -0.4 is 19.1 Å². The van der Waals surface area contributed by atoms with Gasteiger partial charge in [0.2, 0.25) is 15.9 Å². The van der Waals surface area contributed by atoms with Crippen LogP contribution in [-0.4, -0.2) is 47.4 Å². The van der Waals surface area contributed by atoms with Gasteiger partial charge in [-0.3, -0.25) is 9.10 Å². The van der Waals surface area contributed by atoms with E-state index in [1.165, 1.54) is 0 Å². The first-order valence-corrected chi connectivity index (χ1v) is 11.5. The van der Waals surface area contributed by atoms with Crippen molar-refractivity contribution in [1.82, 2.24) is 5.32 Å². The Bertz CT molecular complexity index is 950. The molecule has 0 radical (unpaired) electrons. The number of ether oxygens (including phenoxy) is 2. The van der Waals surface area contributed by atoms with Gasteiger partial charge in [0.05, 0.1) is 25.6 Å². The lowest BCUT2D eigenvalue weighted by atomic mass is 9.87. The van der Waals surface area contributed by atoms with Gasteiger partial charge in [0.25, 0.3) is 0 Å². The van der Waals surface area contributed by atoms with E-state index in [2.05, 4.69) is 26.1 Å². The predicted molar refractivity (Wildman–Crippen MR) is 119 cm³/mol. The Morgan fingerprint density at radius 1 is 1.07 bits per heavy atom. The number of carbonyl (C=O) groups excluding carboxylic acids is 1. The molecule has 0 saturated carbocycles. The van der Waals surface area contributed by atoms with E-state index >= 15 is 0 Å². The zero-order valence-corrected chi connectivity index (χ0v) is 19.0. The third-order valence-electron chi connectivity index (χ3n) is 4.44. The van der Waals surface area contributed by atoms with E-state index in [4.69, 9.17) is 9.47 Å². The molecule has 0 fully saturated rings. The summed E-state index contributed by atoms with van der Waals surface area (Å²) >= 11 is 0. The molecule has 0 aliphatic carbocycles. The fraction of sp³-hybridized carbons (Fsp3) is 0.409. The standard InChI is InChI=1S/C22H30N2O5S/c1-22(2,3)17-9-11-18(12-10-17)24(30(5,26)27)16-21(25)23-13-14-29-20-8-6-7-19(15-20)28-4/h6-12,15H,13-14,16H2,1-5H3,(H,23,25). The molecule has 0 unspecified atom stereocenters. The number of rotatable bonds is 9. The SMILES string of the molecule is COc1cccc(OCCNC(=O)CN(c2ccc(C(C)(C)C)cc2)S(C)(=O)=O)c1. The van der Waals surface area contributed by atoms with Gasteiger partial charge in [0, 0.05) is 6.07 Å². The van der Waals surface area contributed by atoms with Crippen molar-refractivity contribution in [1.29, 1.82) is 0 Å². The molecule has 1 N–H and O–H groups in total. The number of carbonyl (C=O) groups is 1. The Morgan fingerprint density at radius 3 is 2.27 bits per heavy atom. The van der Waals surface area contributed by atoms with Crippen LogP contribution in [0.25, 0.3) is 0 Å². The second-order valence-corrected chi connectivity index (χ2v) is 9.85. The van der Waals surface area contributed by atoms with Crippen molar-refractivity contribution in [2.24, 2.45) is 0 Å². The molecular weight excluding hydrogens is 404 g/mol. The summed E-state index contributed by atoms with van der Waals surface area (Å²) in [5.41, 5.74) is 1.49. The fourth-order valence-electron chi connectivity index (χ4n) is 2.76. The number of hydrogen-bond donors (Lipinski definition) is 1. The minimum atomic E-state index is -3.62. The maximum atomic E-state index is 12.3. The van der Waals surface area contributed by atoms with Crippen molar-refractivity contribution in [3.05, 3.63) is 54.1 Å². The zero-order valence-electron chi connectivity index (χ0n) is 18.1. The highest BCUT2D eigenvalue weighted by Gasteiger charge is 2.21. The fourth-order valence-corrected chi connectivity index (χ4v) is 3.62. The Balaban J connectivity index is 1.94. The normalized spacial score (nSPS) is 11.6. The molecule has 0 atom stereocenters. The highest BCUT2D eigenvalue weighted by molar-refractivity contribution is 7.92. The van der Waals surface area contributed by atoms with Crippen molar-refractivity contribution in [3.8, 4) is 11.5 Å². The molecule has 0 saturated heterocycles. The molecule has 0 bridgehead atoms. The van der Waals surface area contributed by atoms with Crippen LogP contribution >= 0.6 is 0 Å². The van der Waals surface area contributed by atoms with Gasteiger partial charge in [-0.2, -0.15) is 0 Å². The summed E-state index contributed by atoms with van der Waals surface area (Å²) in [7, 11) is -2.04. The van der Waals surface area contributed by atoms with Crippen molar-refractivity contribution >= 4 is 21.6 Å². The molecule has 0 spiro atoms. The zero-order chi connectivity index (χ0) is 22.4. The molecule has 0 aliphatic rings. The van der Waals surface area contributed by atoms with E-state index in [0.29, 0.717) is 17.2 Å². The number of sulfonamides is 1. The smallest absolute Gasteiger partial charge is 0.240 e. The van der Waals surface area contributed by atoms with Gasteiger partial charge < -0.3 is 14.8 Å². The summed E-state index contributed by atoms with van der Waals surface area (Å²) in [6.07, 6.45) is 1.09. The van der Waals surface area contributed by atoms with E-state index in [0.717, 1.165) is 16.1 Å². The maximum absolute atomic E-state index is 12.3. The quantitative estimate of drug-likeness (QED) is 0.614. The van der Waals surface area contributed by atoms with E-state index in [1.807, 2.05) is 24.3 Å². The predicted octanol–water partition coefficient (Wildman–Crippen LogP) is 2.95. The Hall–Kier alpha value is -2.74. The van der Waals surface area contributed by atoms with Gasteiger partial charge >= 0.3 is 0 Å². The van der Waals surface area contributed by atoms with E-state index in [9.17, 15) is 13.2 Å². The lowest BCUT2D eigenvalue weighted by Crippen LogP contribution is -2.41. The molecule has 2 aromatic carbocycles. The highest BCUT2D eigenvalue weighted by Crippen LogP contribution is 2.25. The van der Waals surface area contributed by atoms with E-state index in [-0.39, 0.29) is 25.1 Å². The minimum Gasteiger partial charge on any atom is -0.497 e. The molecule has 2 rings (SSSR count). The number of nitrogens with zero attached hydrogens (tertiary/aromatic N) is 1. The largest absolute Gasteiger partial charge is 0.497 e. The number of hydrogen-bond acceptors (Lipinski definition) is 5. The summed E-state index contributed by atoms with van der Waals surface area (Å²) in [6.45, 7) is 6.44. The number of nitrogens with one attached hydrogen (secondary N) is 1. The van der Waals surface area contributed by atoms with Crippen LogP contribution in [0, 0.1) is 0 Å². The molecule has 30 heavy (non-hydrogen) atoms. The molecule has 0 aromatic heterocycles. The summed E-state index contributed by atoms with van der Waals surface area (Å²) in [5, 5.41) is 2.69. The van der Waals surface area contributed by atoms with E-state index < -0.39 is 15.9 Å². The Labute approximate surface area is 179 Å². The molecule has 1 amide bonds. The number of methoxy groups -OCH3 is 1. The van der Waals surface area contributed by atoms with Crippen LogP contribution in [0.3, 0.4) is 0 Å². The second-order valence-electron chi connectivity index (χ2n) is 7.94. The average molecular weight is 435 g/mol. The molecule has 2 aromatic rings. The third-order valence-corrected chi connectivity index (χ3v) is 5.58. The lowest BCUT2D eigenvalue weighted by molar-refractivity contribution is -0.119. The molecule has 7 nitrogen and oxygen atoms in total.